The molecular weight excluding hydrogens is 290 g/mol. The van der Waals surface area contributed by atoms with E-state index in [0.717, 1.165) is 12.1 Å². The molecule has 0 heterocycles. The summed E-state index contributed by atoms with van der Waals surface area (Å²) in [4.78, 5) is 11.1. The van der Waals surface area contributed by atoms with Crippen LogP contribution in [-0.4, -0.2) is 18.6 Å². The Kier molecular flexibility index (Phi) is 4.64. The lowest BCUT2D eigenvalue weighted by molar-refractivity contribution is -0.139. The molecule has 1 unspecified atom stereocenters. The Hall–Kier alpha value is -1.77. The van der Waals surface area contributed by atoms with E-state index in [1.807, 2.05) is 0 Å². The summed E-state index contributed by atoms with van der Waals surface area (Å²) in [6.07, 6.45) is -9.48. The van der Waals surface area contributed by atoms with Gasteiger partial charge in [-0.1, -0.05) is 18.2 Å². The minimum absolute atomic E-state index is 0.642. The second kappa shape index (κ2) is 5.70. The standard InChI is InChI=1S/C11H10F6N2O/c12-10(13,14)5-19-8(9(18)20)6-3-1-2-4-7(6)11(15,16)17/h1-4,8,19H,5H2,(H2,18,20). The molecular formula is C11H10F6N2O. The molecule has 1 rings (SSSR count). The second-order valence-electron chi connectivity index (χ2n) is 3.92. The number of carbonyl (C=O) groups is 1. The predicted molar refractivity (Wildman–Crippen MR) is 57.4 cm³/mol. The molecule has 20 heavy (non-hydrogen) atoms. The minimum atomic E-state index is -4.80. The Balaban J connectivity index is 3.13. The van der Waals surface area contributed by atoms with Crippen LogP contribution in [0.1, 0.15) is 17.2 Å². The van der Waals surface area contributed by atoms with E-state index in [1.165, 1.54) is 6.07 Å². The Labute approximate surface area is 109 Å². The van der Waals surface area contributed by atoms with E-state index >= 15 is 0 Å². The van der Waals surface area contributed by atoms with Crippen LogP contribution in [0.3, 0.4) is 0 Å². The molecule has 0 aromatic heterocycles. The lowest BCUT2D eigenvalue weighted by Gasteiger charge is -2.21. The van der Waals surface area contributed by atoms with Crippen LogP contribution in [0.4, 0.5) is 26.3 Å². The number of amides is 1. The van der Waals surface area contributed by atoms with E-state index < -0.39 is 42.0 Å². The van der Waals surface area contributed by atoms with Crippen molar-refractivity contribution in [1.82, 2.24) is 5.32 Å². The van der Waals surface area contributed by atoms with Gasteiger partial charge in [0.2, 0.25) is 5.91 Å². The summed E-state index contributed by atoms with van der Waals surface area (Å²) in [7, 11) is 0. The first-order chi connectivity index (χ1) is 9.02. The third kappa shape index (κ3) is 4.41. The molecule has 1 atom stereocenters. The molecule has 3 N–H and O–H groups in total. The average Bonchev–Trinajstić information content (AvgIpc) is 2.26. The Bertz CT molecular complexity index is 483. The number of carbonyl (C=O) groups excluding carboxylic acids is 1. The fraction of sp³-hybridized carbons (Fsp3) is 0.364. The van der Waals surface area contributed by atoms with Gasteiger partial charge in [0.1, 0.15) is 6.04 Å². The van der Waals surface area contributed by atoms with Gasteiger partial charge in [0, 0.05) is 0 Å². The maximum Gasteiger partial charge on any atom is 0.416 e. The predicted octanol–water partition coefficient (Wildman–Crippen LogP) is 2.38. The molecule has 0 aliphatic heterocycles. The summed E-state index contributed by atoms with van der Waals surface area (Å²) < 4.78 is 74.5. The van der Waals surface area contributed by atoms with E-state index in [2.05, 4.69) is 0 Å². The van der Waals surface area contributed by atoms with E-state index in [4.69, 9.17) is 5.73 Å². The first-order valence-corrected chi connectivity index (χ1v) is 5.28. The molecule has 0 bridgehead atoms. The summed E-state index contributed by atoms with van der Waals surface area (Å²) >= 11 is 0. The zero-order valence-corrected chi connectivity index (χ0v) is 9.85. The maximum absolute atomic E-state index is 12.7. The Morgan fingerprint density at radius 3 is 2.15 bits per heavy atom. The molecule has 9 heteroatoms. The van der Waals surface area contributed by atoms with Crippen LogP contribution in [0.15, 0.2) is 24.3 Å². The molecule has 0 saturated carbocycles. The van der Waals surface area contributed by atoms with Crippen molar-refractivity contribution >= 4 is 5.91 Å². The number of rotatable bonds is 4. The number of alkyl halides is 6. The zero-order chi connectivity index (χ0) is 15.6. The molecule has 0 aliphatic carbocycles. The van der Waals surface area contributed by atoms with Gasteiger partial charge in [-0.25, -0.2) is 0 Å². The van der Waals surface area contributed by atoms with Crippen LogP contribution in [-0.2, 0) is 11.0 Å². The second-order valence-corrected chi connectivity index (χ2v) is 3.92. The van der Waals surface area contributed by atoms with Gasteiger partial charge < -0.3 is 5.73 Å². The van der Waals surface area contributed by atoms with Crippen LogP contribution in [0, 0.1) is 0 Å². The van der Waals surface area contributed by atoms with Crippen LogP contribution >= 0.6 is 0 Å². The Morgan fingerprint density at radius 2 is 1.70 bits per heavy atom. The van der Waals surface area contributed by atoms with Crippen molar-refractivity contribution in [2.75, 3.05) is 6.54 Å². The highest BCUT2D eigenvalue weighted by molar-refractivity contribution is 5.82. The third-order valence-electron chi connectivity index (χ3n) is 2.37. The van der Waals surface area contributed by atoms with Crippen LogP contribution in [0.5, 0.6) is 0 Å². The lowest BCUT2D eigenvalue weighted by atomic mass is 9.99. The summed E-state index contributed by atoms with van der Waals surface area (Å²) in [6, 6.07) is 1.93. The fourth-order valence-corrected chi connectivity index (χ4v) is 1.59. The lowest BCUT2D eigenvalue weighted by Crippen LogP contribution is -2.39. The minimum Gasteiger partial charge on any atom is -0.368 e. The summed E-state index contributed by atoms with van der Waals surface area (Å²) in [5.74, 6) is -1.33. The Morgan fingerprint density at radius 1 is 1.15 bits per heavy atom. The average molecular weight is 300 g/mol. The van der Waals surface area contributed by atoms with E-state index in [-0.39, 0.29) is 0 Å². The molecule has 1 amide bonds. The molecule has 0 aliphatic rings. The van der Waals surface area contributed by atoms with Crippen LogP contribution < -0.4 is 11.1 Å². The van der Waals surface area contributed by atoms with Crippen molar-refractivity contribution in [2.45, 2.75) is 18.4 Å². The summed E-state index contributed by atoms with van der Waals surface area (Å²) in [5.41, 5.74) is 3.02. The van der Waals surface area contributed by atoms with Crippen molar-refractivity contribution in [3.63, 3.8) is 0 Å². The number of halogens is 6. The molecule has 0 spiro atoms. The van der Waals surface area contributed by atoms with E-state index in [9.17, 15) is 31.1 Å². The van der Waals surface area contributed by atoms with Crippen molar-refractivity contribution in [3.05, 3.63) is 35.4 Å². The van der Waals surface area contributed by atoms with Gasteiger partial charge in [-0.15, -0.1) is 0 Å². The maximum atomic E-state index is 12.7. The van der Waals surface area contributed by atoms with Gasteiger partial charge in [0.05, 0.1) is 12.1 Å². The van der Waals surface area contributed by atoms with Gasteiger partial charge in [-0.05, 0) is 11.6 Å². The number of primary amides is 1. The molecule has 0 fully saturated rings. The molecule has 112 valence electrons. The molecule has 0 saturated heterocycles. The molecule has 3 nitrogen and oxygen atoms in total. The first-order valence-electron chi connectivity index (χ1n) is 5.28. The highest BCUT2D eigenvalue weighted by Gasteiger charge is 2.37. The topological polar surface area (TPSA) is 55.1 Å². The van der Waals surface area contributed by atoms with E-state index in [0.29, 0.717) is 6.07 Å². The SMILES string of the molecule is NC(=O)C(NCC(F)(F)F)c1ccccc1C(F)(F)F. The number of hydrogen-bond acceptors (Lipinski definition) is 2. The number of hydrogen-bond donors (Lipinski definition) is 2. The van der Waals surface area contributed by atoms with E-state index in [1.54, 1.807) is 5.32 Å². The third-order valence-corrected chi connectivity index (χ3v) is 2.37. The number of nitrogens with two attached hydrogens (primary N) is 1. The highest BCUT2D eigenvalue weighted by atomic mass is 19.4. The largest absolute Gasteiger partial charge is 0.416 e. The van der Waals surface area contributed by atoms with Crippen molar-refractivity contribution < 1.29 is 31.1 Å². The van der Waals surface area contributed by atoms with Gasteiger partial charge in [0.15, 0.2) is 0 Å². The summed E-state index contributed by atoms with van der Waals surface area (Å²) in [5, 5.41) is 1.69. The zero-order valence-electron chi connectivity index (χ0n) is 9.85. The van der Waals surface area contributed by atoms with Crippen molar-refractivity contribution in [3.8, 4) is 0 Å². The quantitative estimate of drug-likeness (QED) is 0.839. The first kappa shape index (κ1) is 16.3. The van der Waals surface area contributed by atoms with Crippen LogP contribution in [0.25, 0.3) is 0 Å². The number of benzene rings is 1. The van der Waals surface area contributed by atoms with Crippen molar-refractivity contribution in [2.24, 2.45) is 5.73 Å². The van der Waals surface area contributed by atoms with Gasteiger partial charge in [-0.2, -0.15) is 26.3 Å². The van der Waals surface area contributed by atoms with Gasteiger partial charge in [-0.3, -0.25) is 10.1 Å². The number of nitrogens with one attached hydrogen (secondary N) is 1. The molecule has 1 aromatic carbocycles. The normalized spacial score (nSPS) is 14.1. The highest BCUT2D eigenvalue weighted by Crippen LogP contribution is 2.34. The smallest absolute Gasteiger partial charge is 0.368 e. The summed E-state index contributed by atoms with van der Waals surface area (Å²) in [6.45, 7) is -1.63. The van der Waals surface area contributed by atoms with Gasteiger partial charge >= 0.3 is 12.4 Å². The van der Waals surface area contributed by atoms with Crippen molar-refractivity contribution in [1.29, 1.82) is 0 Å². The fourth-order valence-electron chi connectivity index (χ4n) is 1.59. The molecule has 1 aromatic rings. The van der Waals surface area contributed by atoms with Gasteiger partial charge in [0.25, 0.3) is 0 Å². The van der Waals surface area contributed by atoms with Crippen LogP contribution in [0.2, 0.25) is 0 Å². The molecule has 0 radical (unpaired) electrons. The monoisotopic (exact) mass is 300 g/mol.